The standard InChI is InChI=1S/C31H38ClN7O4S/c1-18-12-22(9-11-43-18)39-16-26(30(32)37-39)31-33-10-8-28(36-31)35-29-13-24-23(20(3)42-4)6-7-27(25(24)14-34-29)38-15-21(19(38)2)17-44(5,40)41/h6-8,10,13-14,16,18-22H,9,11-12,15,17H2,1-5H3,(H,33,34,35,36)/t18?,19-,20?,21-,22?/m1/s1. The number of nitrogens with one attached hydrogen (secondary N) is 1. The number of pyridine rings is 1. The topological polar surface area (TPSA) is 124 Å². The number of benzene rings is 1. The number of halogens is 1. The molecule has 0 bridgehead atoms. The molecule has 2 fully saturated rings. The summed E-state index contributed by atoms with van der Waals surface area (Å²) in [7, 11) is -1.35. The average Bonchev–Trinajstić information content (AvgIpc) is 3.39. The largest absolute Gasteiger partial charge is 0.378 e. The third kappa shape index (κ3) is 6.26. The monoisotopic (exact) mass is 639 g/mol. The van der Waals surface area contributed by atoms with Gasteiger partial charge in [-0.05, 0) is 62.8 Å². The van der Waals surface area contributed by atoms with Gasteiger partial charge in [0.25, 0.3) is 0 Å². The number of aromatic nitrogens is 5. The Balaban J connectivity index is 1.28. The van der Waals surface area contributed by atoms with Crippen molar-refractivity contribution in [1.29, 1.82) is 0 Å². The Morgan fingerprint density at radius 2 is 2.00 bits per heavy atom. The smallest absolute Gasteiger partial charge is 0.166 e. The summed E-state index contributed by atoms with van der Waals surface area (Å²) in [6.45, 7) is 7.53. The molecule has 6 rings (SSSR count). The highest BCUT2D eigenvalue weighted by molar-refractivity contribution is 7.90. The summed E-state index contributed by atoms with van der Waals surface area (Å²) in [6.07, 6.45) is 8.53. The van der Waals surface area contributed by atoms with E-state index < -0.39 is 9.84 Å². The molecule has 0 spiro atoms. The summed E-state index contributed by atoms with van der Waals surface area (Å²) < 4.78 is 37.1. The third-order valence-corrected chi connectivity index (χ3v) is 10.1. The molecule has 2 saturated heterocycles. The number of methoxy groups -OCH3 is 1. The Bertz CT molecular complexity index is 1780. The molecule has 44 heavy (non-hydrogen) atoms. The summed E-state index contributed by atoms with van der Waals surface area (Å²) in [5.41, 5.74) is 2.72. The van der Waals surface area contributed by atoms with Crippen molar-refractivity contribution in [1.82, 2.24) is 24.7 Å². The van der Waals surface area contributed by atoms with Gasteiger partial charge in [-0.25, -0.2) is 23.4 Å². The van der Waals surface area contributed by atoms with Crippen molar-refractivity contribution in [3.63, 3.8) is 0 Å². The van der Waals surface area contributed by atoms with Crippen LogP contribution in [0.4, 0.5) is 17.3 Å². The first-order valence-corrected chi connectivity index (χ1v) is 17.3. The molecule has 13 heteroatoms. The van der Waals surface area contributed by atoms with Gasteiger partial charge in [-0.3, -0.25) is 4.68 Å². The molecule has 0 radical (unpaired) electrons. The Morgan fingerprint density at radius 1 is 1.18 bits per heavy atom. The van der Waals surface area contributed by atoms with Gasteiger partial charge in [-0.1, -0.05) is 17.7 Å². The molecule has 2 aliphatic heterocycles. The van der Waals surface area contributed by atoms with Gasteiger partial charge in [0.15, 0.2) is 11.0 Å². The summed E-state index contributed by atoms with van der Waals surface area (Å²) in [6, 6.07) is 8.26. The first kappa shape index (κ1) is 30.7. The number of sulfone groups is 1. The van der Waals surface area contributed by atoms with Crippen LogP contribution in [-0.4, -0.2) is 77.6 Å². The molecule has 0 amide bonds. The van der Waals surface area contributed by atoms with Crippen LogP contribution in [0.2, 0.25) is 5.15 Å². The summed E-state index contributed by atoms with van der Waals surface area (Å²) in [5, 5.41) is 10.2. The van der Waals surface area contributed by atoms with Gasteiger partial charge in [-0.2, -0.15) is 5.10 Å². The zero-order chi connectivity index (χ0) is 31.2. The number of hydrogen-bond acceptors (Lipinski definition) is 10. The van der Waals surface area contributed by atoms with Gasteiger partial charge in [-0.15, -0.1) is 0 Å². The first-order valence-electron chi connectivity index (χ1n) is 14.9. The van der Waals surface area contributed by atoms with Gasteiger partial charge in [0.2, 0.25) is 0 Å². The lowest BCUT2D eigenvalue weighted by molar-refractivity contribution is 0.00352. The van der Waals surface area contributed by atoms with Crippen LogP contribution in [0, 0.1) is 5.92 Å². The number of anilines is 3. The maximum Gasteiger partial charge on any atom is 0.166 e. The second-order valence-corrected chi connectivity index (χ2v) is 14.5. The second-order valence-electron chi connectivity index (χ2n) is 12.0. The zero-order valence-electron chi connectivity index (χ0n) is 25.6. The maximum absolute atomic E-state index is 11.9. The van der Waals surface area contributed by atoms with E-state index in [1.807, 2.05) is 30.1 Å². The summed E-state index contributed by atoms with van der Waals surface area (Å²) in [4.78, 5) is 16.2. The van der Waals surface area contributed by atoms with Crippen LogP contribution >= 0.6 is 11.6 Å². The molecule has 5 heterocycles. The average molecular weight is 640 g/mol. The van der Waals surface area contributed by atoms with Crippen molar-refractivity contribution < 1.29 is 17.9 Å². The van der Waals surface area contributed by atoms with E-state index in [9.17, 15) is 8.42 Å². The van der Waals surface area contributed by atoms with E-state index in [-0.39, 0.29) is 36.0 Å². The SMILES string of the molecule is COC(C)c1ccc(N2C[C@H](CS(C)(=O)=O)[C@H]2C)c2cnc(Nc3ccnc(-c4cn(C5CCOC(C)C5)nc4Cl)n3)cc12. The molecule has 1 aromatic carbocycles. The van der Waals surface area contributed by atoms with E-state index >= 15 is 0 Å². The Labute approximate surface area is 262 Å². The molecule has 3 unspecified atom stereocenters. The van der Waals surface area contributed by atoms with Crippen LogP contribution in [0.25, 0.3) is 22.2 Å². The predicted molar refractivity (Wildman–Crippen MR) is 172 cm³/mol. The fourth-order valence-corrected chi connectivity index (χ4v) is 7.63. The van der Waals surface area contributed by atoms with Crippen molar-refractivity contribution >= 4 is 49.5 Å². The molecule has 4 aromatic rings. The summed E-state index contributed by atoms with van der Waals surface area (Å²) in [5.74, 6) is 1.95. The lowest BCUT2D eigenvalue weighted by atomic mass is 9.89. The highest BCUT2D eigenvalue weighted by Crippen LogP contribution is 2.40. The molecule has 5 atom stereocenters. The second kappa shape index (κ2) is 12.2. The lowest BCUT2D eigenvalue weighted by Crippen LogP contribution is -2.57. The quantitative estimate of drug-likeness (QED) is 0.247. The lowest BCUT2D eigenvalue weighted by Gasteiger charge is -2.48. The number of nitrogens with zero attached hydrogens (tertiary/aromatic N) is 6. The molecule has 2 aliphatic rings. The van der Waals surface area contributed by atoms with Crippen molar-refractivity contribution in [2.45, 2.75) is 57.9 Å². The fraction of sp³-hybridized carbons (Fsp3) is 0.484. The number of fused-ring (bicyclic) bond motifs is 1. The number of ether oxygens (including phenoxy) is 2. The van der Waals surface area contributed by atoms with Gasteiger partial charge in [0.1, 0.15) is 21.5 Å². The molecule has 1 N–H and O–H groups in total. The van der Waals surface area contributed by atoms with E-state index in [1.54, 1.807) is 19.4 Å². The molecule has 3 aromatic heterocycles. The Morgan fingerprint density at radius 3 is 2.73 bits per heavy atom. The van der Waals surface area contributed by atoms with Gasteiger partial charge in [0, 0.05) is 68.1 Å². The van der Waals surface area contributed by atoms with Crippen molar-refractivity contribution in [2.24, 2.45) is 5.92 Å². The molecule has 0 saturated carbocycles. The molecule has 11 nitrogen and oxygen atoms in total. The maximum atomic E-state index is 11.9. The van der Waals surface area contributed by atoms with E-state index in [2.05, 4.69) is 46.3 Å². The minimum atomic E-state index is -3.04. The Hall–Kier alpha value is -3.32. The Kier molecular flexibility index (Phi) is 8.53. The van der Waals surface area contributed by atoms with Crippen molar-refractivity contribution in [2.75, 3.05) is 42.5 Å². The zero-order valence-corrected chi connectivity index (χ0v) is 27.1. The summed E-state index contributed by atoms with van der Waals surface area (Å²) >= 11 is 6.56. The molecule has 234 valence electrons. The number of hydrogen-bond donors (Lipinski definition) is 1. The van der Waals surface area contributed by atoms with Crippen LogP contribution in [-0.2, 0) is 19.3 Å². The highest BCUT2D eigenvalue weighted by atomic mass is 35.5. The minimum Gasteiger partial charge on any atom is -0.378 e. The van der Waals surface area contributed by atoms with Crippen LogP contribution in [0.5, 0.6) is 0 Å². The van der Waals surface area contributed by atoms with E-state index in [0.29, 0.717) is 41.3 Å². The van der Waals surface area contributed by atoms with Gasteiger partial charge in [0.05, 0.1) is 29.6 Å². The van der Waals surface area contributed by atoms with Crippen molar-refractivity contribution in [3.8, 4) is 11.4 Å². The molecular formula is C31H38ClN7O4S. The fourth-order valence-electron chi connectivity index (χ4n) is 6.24. The predicted octanol–water partition coefficient (Wildman–Crippen LogP) is 5.60. The van der Waals surface area contributed by atoms with E-state index in [4.69, 9.17) is 31.0 Å². The molecule has 0 aliphatic carbocycles. The van der Waals surface area contributed by atoms with Crippen LogP contribution in [0.3, 0.4) is 0 Å². The molecular weight excluding hydrogens is 602 g/mol. The van der Waals surface area contributed by atoms with Gasteiger partial charge >= 0.3 is 0 Å². The van der Waals surface area contributed by atoms with E-state index in [0.717, 1.165) is 34.9 Å². The van der Waals surface area contributed by atoms with E-state index in [1.165, 1.54) is 6.26 Å². The van der Waals surface area contributed by atoms with Crippen LogP contribution in [0.15, 0.2) is 42.9 Å². The van der Waals surface area contributed by atoms with Gasteiger partial charge < -0.3 is 19.7 Å². The van der Waals surface area contributed by atoms with Crippen molar-refractivity contribution in [3.05, 3.63) is 53.6 Å². The normalized spacial score (nSPS) is 23.0. The number of rotatable bonds is 9. The third-order valence-electron chi connectivity index (χ3n) is 8.81. The first-order chi connectivity index (χ1) is 21.0. The highest BCUT2D eigenvalue weighted by Gasteiger charge is 2.38. The minimum absolute atomic E-state index is 0.0966. The van der Waals surface area contributed by atoms with Crippen LogP contribution < -0.4 is 10.2 Å². The van der Waals surface area contributed by atoms with Crippen LogP contribution in [0.1, 0.15) is 51.3 Å².